The third kappa shape index (κ3) is 1.80. The van der Waals surface area contributed by atoms with Gasteiger partial charge in [0, 0.05) is 24.6 Å². The van der Waals surface area contributed by atoms with Crippen LogP contribution in [0.2, 0.25) is 0 Å². The molecule has 0 unspecified atom stereocenters. The summed E-state index contributed by atoms with van der Waals surface area (Å²) in [6.45, 7) is 0. The molecule has 2 heterocycles. The fourth-order valence-electron chi connectivity index (χ4n) is 3.18. The van der Waals surface area contributed by atoms with Crippen molar-refractivity contribution in [3.05, 3.63) is 47.4 Å². The van der Waals surface area contributed by atoms with E-state index in [0.717, 1.165) is 33.6 Å². The van der Waals surface area contributed by atoms with E-state index in [1.807, 2.05) is 17.7 Å². The van der Waals surface area contributed by atoms with Gasteiger partial charge in [0.2, 0.25) is 0 Å². The number of hydrogen-bond donors (Lipinski definition) is 2. The number of nitrogen functional groups attached to an aromatic ring is 1. The Labute approximate surface area is 132 Å². The van der Waals surface area contributed by atoms with Crippen LogP contribution in [0.1, 0.15) is 16.7 Å². The number of nitriles is 1. The van der Waals surface area contributed by atoms with Crippen molar-refractivity contribution in [2.75, 3.05) is 5.73 Å². The van der Waals surface area contributed by atoms with Gasteiger partial charge in [-0.05, 0) is 29.3 Å². The van der Waals surface area contributed by atoms with Crippen molar-refractivity contribution in [1.29, 1.82) is 5.26 Å². The average Bonchev–Trinajstić information content (AvgIpc) is 3.09. The largest absolute Gasteiger partial charge is 0.508 e. The first-order valence-corrected chi connectivity index (χ1v) is 7.11. The quantitative estimate of drug-likeness (QED) is 0.561. The smallest absolute Gasteiger partial charge is 0.142 e. The standard InChI is InChI=1S/C17H13N5O/c1-22-8-20-7-14(22)15-12-5-9-4-10(23)2-3-11(9)16(12)21-17(19)13(15)6-18/h2-4,7-8,23H,5H2,1H3,(H2,19,21). The van der Waals surface area contributed by atoms with E-state index < -0.39 is 0 Å². The van der Waals surface area contributed by atoms with Crippen molar-refractivity contribution in [2.45, 2.75) is 6.42 Å². The fraction of sp³-hybridized carbons (Fsp3) is 0.118. The highest BCUT2D eigenvalue weighted by Crippen LogP contribution is 2.44. The first-order chi connectivity index (χ1) is 11.1. The Morgan fingerprint density at radius 1 is 1.39 bits per heavy atom. The van der Waals surface area contributed by atoms with Crippen LogP contribution >= 0.6 is 0 Å². The highest BCUT2D eigenvalue weighted by Gasteiger charge is 2.28. The minimum Gasteiger partial charge on any atom is -0.508 e. The molecule has 0 saturated carbocycles. The monoisotopic (exact) mass is 303 g/mol. The minimum atomic E-state index is 0.211. The van der Waals surface area contributed by atoms with Crippen LogP contribution in [0.5, 0.6) is 5.75 Å². The van der Waals surface area contributed by atoms with E-state index in [1.54, 1.807) is 24.7 Å². The summed E-state index contributed by atoms with van der Waals surface area (Å²) in [6, 6.07) is 7.37. The SMILES string of the molecule is Cn1cncc1-c1c(C#N)c(N)nc2c1Cc1cc(O)ccc1-2. The number of benzene rings is 1. The Morgan fingerprint density at radius 2 is 2.22 bits per heavy atom. The van der Waals surface area contributed by atoms with E-state index in [4.69, 9.17) is 5.73 Å². The van der Waals surface area contributed by atoms with Gasteiger partial charge in [0.15, 0.2) is 0 Å². The van der Waals surface area contributed by atoms with Gasteiger partial charge < -0.3 is 15.4 Å². The molecule has 112 valence electrons. The lowest BCUT2D eigenvalue weighted by atomic mass is 9.98. The van der Waals surface area contributed by atoms with Crippen LogP contribution < -0.4 is 5.73 Å². The average molecular weight is 303 g/mol. The summed E-state index contributed by atoms with van der Waals surface area (Å²) in [4.78, 5) is 8.58. The summed E-state index contributed by atoms with van der Waals surface area (Å²) < 4.78 is 1.86. The molecule has 0 bridgehead atoms. The van der Waals surface area contributed by atoms with Gasteiger partial charge in [0.05, 0.1) is 23.9 Å². The number of rotatable bonds is 1. The van der Waals surface area contributed by atoms with Crippen LogP contribution in [0.3, 0.4) is 0 Å². The van der Waals surface area contributed by atoms with E-state index >= 15 is 0 Å². The molecule has 0 aliphatic heterocycles. The van der Waals surface area contributed by atoms with Gasteiger partial charge in [-0.15, -0.1) is 0 Å². The molecule has 3 aromatic rings. The number of nitrogens with two attached hydrogens (primary N) is 1. The Kier molecular flexibility index (Phi) is 2.66. The van der Waals surface area contributed by atoms with E-state index in [0.29, 0.717) is 12.0 Å². The lowest BCUT2D eigenvalue weighted by Gasteiger charge is -2.12. The van der Waals surface area contributed by atoms with Crippen LogP contribution in [0.4, 0.5) is 5.82 Å². The molecule has 0 radical (unpaired) electrons. The molecule has 3 N–H and O–H groups in total. The molecule has 1 aliphatic rings. The first kappa shape index (κ1) is 13.3. The number of pyridine rings is 1. The maximum absolute atomic E-state index is 9.72. The van der Waals surface area contributed by atoms with Crippen LogP contribution in [-0.4, -0.2) is 19.6 Å². The van der Waals surface area contributed by atoms with Gasteiger partial charge in [0.25, 0.3) is 0 Å². The number of anilines is 1. The summed E-state index contributed by atoms with van der Waals surface area (Å²) >= 11 is 0. The Hall–Kier alpha value is -3.33. The van der Waals surface area contributed by atoms with Crippen molar-refractivity contribution < 1.29 is 5.11 Å². The van der Waals surface area contributed by atoms with Crippen molar-refractivity contribution in [1.82, 2.24) is 14.5 Å². The number of imidazole rings is 1. The zero-order valence-corrected chi connectivity index (χ0v) is 12.4. The number of phenols is 1. The number of aryl methyl sites for hydroxylation is 1. The van der Waals surface area contributed by atoms with E-state index in [1.165, 1.54) is 0 Å². The van der Waals surface area contributed by atoms with E-state index in [-0.39, 0.29) is 11.6 Å². The summed E-state index contributed by atoms with van der Waals surface area (Å²) in [5, 5.41) is 19.3. The molecular formula is C17H13N5O. The molecule has 1 aromatic carbocycles. The maximum atomic E-state index is 9.72. The number of fused-ring (bicyclic) bond motifs is 3. The van der Waals surface area contributed by atoms with Gasteiger partial charge in [-0.25, -0.2) is 9.97 Å². The second-order valence-electron chi connectivity index (χ2n) is 5.59. The van der Waals surface area contributed by atoms with E-state index in [2.05, 4.69) is 16.0 Å². The molecule has 23 heavy (non-hydrogen) atoms. The molecule has 0 spiro atoms. The Balaban J connectivity index is 2.07. The van der Waals surface area contributed by atoms with Crippen LogP contribution in [0, 0.1) is 11.3 Å². The molecule has 1 aliphatic carbocycles. The topological polar surface area (TPSA) is 101 Å². The zero-order valence-electron chi connectivity index (χ0n) is 12.4. The van der Waals surface area contributed by atoms with Crippen molar-refractivity contribution in [3.63, 3.8) is 0 Å². The number of hydrogen-bond acceptors (Lipinski definition) is 5. The molecule has 0 saturated heterocycles. The molecule has 0 fully saturated rings. The molecule has 6 nitrogen and oxygen atoms in total. The highest BCUT2D eigenvalue weighted by atomic mass is 16.3. The third-order valence-corrected chi connectivity index (χ3v) is 4.22. The van der Waals surface area contributed by atoms with Gasteiger partial charge in [-0.3, -0.25) is 0 Å². The summed E-state index contributed by atoms with van der Waals surface area (Å²) in [6.07, 6.45) is 4.01. The van der Waals surface area contributed by atoms with Crippen molar-refractivity contribution in [2.24, 2.45) is 7.05 Å². The van der Waals surface area contributed by atoms with Gasteiger partial charge in [0.1, 0.15) is 23.2 Å². The molecule has 2 aromatic heterocycles. The Bertz CT molecular complexity index is 997. The van der Waals surface area contributed by atoms with E-state index in [9.17, 15) is 10.4 Å². The number of aromatic nitrogens is 3. The maximum Gasteiger partial charge on any atom is 0.142 e. The predicted molar refractivity (Wildman–Crippen MR) is 85.5 cm³/mol. The third-order valence-electron chi connectivity index (χ3n) is 4.22. The minimum absolute atomic E-state index is 0.211. The summed E-state index contributed by atoms with van der Waals surface area (Å²) in [7, 11) is 1.88. The molecule has 0 amide bonds. The molecule has 0 atom stereocenters. The van der Waals surface area contributed by atoms with Crippen LogP contribution in [-0.2, 0) is 13.5 Å². The summed E-state index contributed by atoms with van der Waals surface area (Å²) in [5.41, 5.74) is 11.6. The second-order valence-corrected chi connectivity index (χ2v) is 5.59. The predicted octanol–water partition coefficient (Wildman–Crippen LogP) is 2.21. The van der Waals surface area contributed by atoms with Gasteiger partial charge >= 0.3 is 0 Å². The van der Waals surface area contributed by atoms with Crippen molar-refractivity contribution in [3.8, 4) is 34.3 Å². The lowest BCUT2D eigenvalue weighted by molar-refractivity contribution is 0.475. The number of nitrogens with zero attached hydrogens (tertiary/aromatic N) is 4. The fourth-order valence-corrected chi connectivity index (χ4v) is 3.18. The number of phenolic OH excluding ortho intramolecular Hbond substituents is 1. The highest BCUT2D eigenvalue weighted by molar-refractivity contribution is 5.87. The molecule has 6 heteroatoms. The van der Waals surface area contributed by atoms with Gasteiger partial charge in [-0.2, -0.15) is 5.26 Å². The van der Waals surface area contributed by atoms with Gasteiger partial charge in [-0.1, -0.05) is 0 Å². The normalized spacial score (nSPS) is 11.8. The second kappa shape index (κ2) is 4.58. The summed E-state index contributed by atoms with van der Waals surface area (Å²) in [5.74, 6) is 0.426. The Morgan fingerprint density at radius 3 is 2.91 bits per heavy atom. The van der Waals surface area contributed by atoms with Crippen molar-refractivity contribution >= 4 is 5.82 Å². The molecule has 4 rings (SSSR count). The van der Waals surface area contributed by atoms with Crippen LogP contribution in [0.25, 0.3) is 22.5 Å². The first-order valence-electron chi connectivity index (χ1n) is 7.11. The van der Waals surface area contributed by atoms with Crippen LogP contribution in [0.15, 0.2) is 30.7 Å². The number of aromatic hydroxyl groups is 1. The zero-order chi connectivity index (χ0) is 16.1. The molecular weight excluding hydrogens is 290 g/mol. The lowest BCUT2D eigenvalue weighted by Crippen LogP contribution is -2.04.